The van der Waals surface area contributed by atoms with Crippen LogP contribution < -0.4 is 5.73 Å². The average Bonchev–Trinajstić information content (AvgIpc) is 2.97. The lowest BCUT2D eigenvalue weighted by atomic mass is 9.75. The van der Waals surface area contributed by atoms with Crippen LogP contribution in [0.25, 0.3) is 0 Å². The van der Waals surface area contributed by atoms with E-state index in [0.717, 1.165) is 25.7 Å². The van der Waals surface area contributed by atoms with E-state index >= 15 is 0 Å². The predicted octanol–water partition coefficient (Wildman–Crippen LogP) is 10.2. The summed E-state index contributed by atoms with van der Waals surface area (Å²) in [5, 5.41) is 21.7. The van der Waals surface area contributed by atoms with E-state index in [4.69, 9.17) is 10.5 Å². The highest BCUT2D eigenvalue weighted by Gasteiger charge is 2.52. The van der Waals surface area contributed by atoms with E-state index in [-0.39, 0.29) is 0 Å². The molecule has 0 bridgehead atoms. The molecule has 0 aliphatic heterocycles. The molecule has 0 saturated heterocycles. The van der Waals surface area contributed by atoms with Gasteiger partial charge >= 0.3 is 0 Å². The Labute approximate surface area is 262 Å². The number of primary amides is 1. The molecule has 4 atom stereocenters. The van der Waals surface area contributed by atoms with Gasteiger partial charge in [0.25, 0.3) is 5.91 Å². The molecule has 5 heteroatoms. The molecule has 0 fully saturated rings. The maximum Gasteiger partial charge on any atom is 0.252 e. The van der Waals surface area contributed by atoms with Gasteiger partial charge in [-0.3, -0.25) is 4.79 Å². The summed E-state index contributed by atoms with van der Waals surface area (Å²) in [6.07, 6.45) is 30.8. The lowest BCUT2D eigenvalue weighted by molar-refractivity contribution is -0.189. The normalized spacial score (nSPS) is 15.4. The number of rotatable bonds is 33. The molecule has 0 aromatic carbocycles. The molecule has 0 heterocycles. The van der Waals surface area contributed by atoms with Crippen molar-refractivity contribution in [3.05, 3.63) is 0 Å². The molecule has 42 heavy (non-hydrogen) atoms. The van der Waals surface area contributed by atoms with Gasteiger partial charge in [-0.2, -0.15) is 0 Å². The number of hydrogen-bond donors (Lipinski definition) is 3. The fourth-order valence-corrected chi connectivity index (χ4v) is 6.55. The third-order valence-electron chi connectivity index (χ3n) is 9.36. The molecular formula is C37H75NO4. The number of aliphatic hydroxyl groups excluding tert-OH is 2. The van der Waals surface area contributed by atoms with Crippen molar-refractivity contribution in [2.75, 3.05) is 6.61 Å². The molecular weight excluding hydrogens is 522 g/mol. The summed E-state index contributed by atoms with van der Waals surface area (Å²) in [6.45, 7) is 8.47. The van der Waals surface area contributed by atoms with Gasteiger partial charge < -0.3 is 20.7 Å². The lowest BCUT2D eigenvalue weighted by Gasteiger charge is -2.42. The fraction of sp³-hybridized carbons (Fsp3) is 0.973. The number of amides is 1. The Hall–Kier alpha value is -0.650. The Balaban J connectivity index is 4.41. The quantitative estimate of drug-likeness (QED) is 0.0656. The molecule has 4 unspecified atom stereocenters. The Morgan fingerprint density at radius 2 is 0.929 bits per heavy atom. The summed E-state index contributed by atoms with van der Waals surface area (Å²) in [4.78, 5) is 12.9. The van der Waals surface area contributed by atoms with Crippen molar-refractivity contribution in [1.29, 1.82) is 0 Å². The Kier molecular flexibility index (Phi) is 28.6. The van der Waals surface area contributed by atoms with Crippen molar-refractivity contribution in [3.8, 4) is 0 Å². The van der Waals surface area contributed by atoms with Gasteiger partial charge in [-0.15, -0.1) is 0 Å². The lowest BCUT2D eigenvalue weighted by Crippen LogP contribution is -2.62. The largest absolute Gasteiger partial charge is 0.393 e. The highest BCUT2D eigenvalue weighted by molar-refractivity contribution is 5.85. The highest BCUT2D eigenvalue weighted by atomic mass is 16.5. The minimum absolute atomic E-state index is 0.364. The summed E-state index contributed by atoms with van der Waals surface area (Å²) >= 11 is 0. The summed E-state index contributed by atoms with van der Waals surface area (Å²) in [7, 11) is 0. The Bertz CT molecular complexity index is 584. The molecule has 0 spiro atoms. The average molecular weight is 598 g/mol. The minimum atomic E-state index is -1.53. The van der Waals surface area contributed by atoms with Crippen molar-refractivity contribution in [1.82, 2.24) is 0 Å². The number of unbranched alkanes of at least 4 members (excludes halogenated alkanes) is 23. The van der Waals surface area contributed by atoms with Gasteiger partial charge in [0.2, 0.25) is 0 Å². The molecule has 4 N–H and O–H groups in total. The number of ether oxygens (including phenoxy) is 1. The second kappa shape index (κ2) is 29.1. The van der Waals surface area contributed by atoms with Gasteiger partial charge in [0, 0.05) is 12.5 Å². The summed E-state index contributed by atoms with van der Waals surface area (Å²) < 4.78 is 6.24. The van der Waals surface area contributed by atoms with Gasteiger partial charge in [-0.05, 0) is 26.2 Å². The second-order valence-electron chi connectivity index (χ2n) is 13.2. The molecule has 0 aliphatic carbocycles. The van der Waals surface area contributed by atoms with E-state index < -0.39 is 29.6 Å². The smallest absolute Gasteiger partial charge is 0.252 e. The first-order valence-corrected chi connectivity index (χ1v) is 18.7. The van der Waals surface area contributed by atoms with Crippen LogP contribution >= 0.6 is 0 Å². The Morgan fingerprint density at radius 1 is 0.595 bits per heavy atom. The standard InChI is InChI=1S/C37H75NO4/c1-5-8-10-12-14-16-18-19-20-22-24-26-28-30-32-42-37(36(38)41,35(40)7-3)34(33(4)39)31-29-27-25-23-21-17-15-13-11-9-6-2/h33-35,39-40H,5-32H2,1-4H3,(H2,38,41). The molecule has 5 nitrogen and oxygen atoms in total. The van der Waals surface area contributed by atoms with Crippen LogP contribution in [-0.4, -0.2) is 40.5 Å². The van der Waals surface area contributed by atoms with E-state index in [1.165, 1.54) is 135 Å². The first-order chi connectivity index (χ1) is 20.4. The predicted molar refractivity (Wildman–Crippen MR) is 181 cm³/mol. The summed E-state index contributed by atoms with van der Waals surface area (Å²) in [5.74, 6) is -1.15. The molecule has 0 aliphatic rings. The van der Waals surface area contributed by atoms with Crippen LogP contribution in [0.1, 0.15) is 201 Å². The van der Waals surface area contributed by atoms with Crippen molar-refractivity contribution < 1.29 is 19.7 Å². The summed E-state index contributed by atoms with van der Waals surface area (Å²) in [5.41, 5.74) is 4.41. The third-order valence-corrected chi connectivity index (χ3v) is 9.36. The number of nitrogens with two attached hydrogens (primary N) is 1. The Morgan fingerprint density at radius 3 is 1.24 bits per heavy atom. The van der Waals surface area contributed by atoms with E-state index in [2.05, 4.69) is 13.8 Å². The van der Waals surface area contributed by atoms with Crippen LogP contribution in [0.5, 0.6) is 0 Å². The maximum atomic E-state index is 12.9. The van der Waals surface area contributed by atoms with Crippen LogP contribution in [0.3, 0.4) is 0 Å². The zero-order valence-corrected chi connectivity index (χ0v) is 28.8. The fourth-order valence-electron chi connectivity index (χ4n) is 6.55. The number of aliphatic hydroxyl groups is 2. The highest BCUT2D eigenvalue weighted by Crippen LogP contribution is 2.35. The maximum absolute atomic E-state index is 12.9. The van der Waals surface area contributed by atoms with Crippen molar-refractivity contribution in [2.45, 2.75) is 219 Å². The number of hydrogen-bond acceptors (Lipinski definition) is 4. The van der Waals surface area contributed by atoms with E-state index in [1.54, 1.807) is 6.92 Å². The van der Waals surface area contributed by atoms with E-state index in [1.807, 2.05) is 6.92 Å². The monoisotopic (exact) mass is 598 g/mol. The first kappa shape index (κ1) is 41.4. The third kappa shape index (κ3) is 19.6. The molecule has 0 aromatic rings. The van der Waals surface area contributed by atoms with E-state index in [9.17, 15) is 15.0 Å². The second-order valence-corrected chi connectivity index (χ2v) is 13.2. The SMILES string of the molecule is CCCCCCCCCCCCCCCCOC(C(N)=O)(C(O)CC)C(CCCCCCCCCCCCC)C(C)O. The molecule has 0 saturated carbocycles. The molecule has 0 rings (SSSR count). The number of carbonyl (C=O) groups is 1. The van der Waals surface area contributed by atoms with E-state index in [0.29, 0.717) is 19.4 Å². The minimum Gasteiger partial charge on any atom is -0.393 e. The van der Waals surface area contributed by atoms with Crippen molar-refractivity contribution >= 4 is 5.91 Å². The number of carbonyl (C=O) groups excluding carboxylic acids is 1. The van der Waals surface area contributed by atoms with Crippen LogP contribution in [0.15, 0.2) is 0 Å². The molecule has 252 valence electrons. The molecule has 0 aromatic heterocycles. The van der Waals surface area contributed by atoms with Gasteiger partial charge in [0.05, 0.1) is 12.2 Å². The van der Waals surface area contributed by atoms with Gasteiger partial charge in [0.1, 0.15) is 0 Å². The van der Waals surface area contributed by atoms with Crippen LogP contribution in [0, 0.1) is 5.92 Å². The zero-order chi connectivity index (χ0) is 31.3. The van der Waals surface area contributed by atoms with Gasteiger partial charge in [-0.1, -0.05) is 175 Å². The van der Waals surface area contributed by atoms with Crippen molar-refractivity contribution in [2.24, 2.45) is 11.7 Å². The topological polar surface area (TPSA) is 92.8 Å². The van der Waals surface area contributed by atoms with Gasteiger partial charge in [-0.25, -0.2) is 0 Å². The summed E-state index contributed by atoms with van der Waals surface area (Å²) in [6, 6.07) is 0. The molecule has 0 radical (unpaired) electrons. The van der Waals surface area contributed by atoms with Crippen molar-refractivity contribution in [3.63, 3.8) is 0 Å². The first-order valence-electron chi connectivity index (χ1n) is 18.7. The van der Waals surface area contributed by atoms with Crippen LogP contribution in [0.2, 0.25) is 0 Å². The zero-order valence-electron chi connectivity index (χ0n) is 28.8. The molecule has 1 amide bonds. The van der Waals surface area contributed by atoms with Gasteiger partial charge in [0.15, 0.2) is 5.60 Å². The van der Waals surface area contributed by atoms with Crippen LogP contribution in [0.4, 0.5) is 0 Å². The van der Waals surface area contributed by atoms with Crippen LogP contribution in [-0.2, 0) is 9.53 Å².